The first-order chi connectivity index (χ1) is 15.6. The van der Waals surface area contributed by atoms with Crippen LogP contribution < -0.4 is 14.4 Å². The molecule has 33 heavy (non-hydrogen) atoms. The van der Waals surface area contributed by atoms with Crippen molar-refractivity contribution in [3.8, 4) is 5.75 Å². The molecular weight excluding hydrogens is 436 g/mol. The number of nitrogens with zero attached hydrogens (tertiary/aromatic N) is 1. The molecular formula is C26H30N2O4S. The van der Waals surface area contributed by atoms with E-state index in [-0.39, 0.29) is 12.5 Å². The number of rotatable bonds is 9. The molecule has 0 aliphatic rings. The molecule has 174 valence electrons. The number of hydrogen-bond donors (Lipinski definition) is 1. The smallest absolute Gasteiger partial charge is 0.251 e. The van der Waals surface area contributed by atoms with Gasteiger partial charge in [0.25, 0.3) is 5.91 Å². The Morgan fingerprint density at radius 3 is 2.30 bits per heavy atom. The van der Waals surface area contributed by atoms with Crippen LogP contribution in [0.3, 0.4) is 0 Å². The maximum atomic E-state index is 12.5. The highest BCUT2D eigenvalue weighted by Gasteiger charge is 2.19. The minimum absolute atomic E-state index is 0.229. The van der Waals surface area contributed by atoms with Crippen LogP contribution in [0.15, 0.2) is 66.7 Å². The first kappa shape index (κ1) is 24.3. The Balaban J connectivity index is 1.62. The topological polar surface area (TPSA) is 75.7 Å². The number of carbonyl (C=O) groups excluding carboxylic acids is 1. The Labute approximate surface area is 196 Å². The van der Waals surface area contributed by atoms with Gasteiger partial charge in [0.05, 0.1) is 25.0 Å². The van der Waals surface area contributed by atoms with Gasteiger partial charge in [-0.2, -0.15) is 0 Å². The molecule has 1 N–H and O–H groups in total. The van der Waals surface area contributed by atoms with Crippen LogP contribution in [0.4, 0.5) is 5.69 Å². The second-order valence-corrected chi connectivity index (χ2v) is 10.0. The first-order valence-electron chi connectivity index (χ1n) is 10.8. The van der Waals surface area contributed by atoms with Crippen molar-refractivity contribution in [2.45, 2.75) is 27.3 Å². The molecule has 0 saturated carbocycles. The molecule has 0 spiro atoms. The van der Waals surface area contributed by atoms with Crippen molar-refractivity contribution in [3.05, 3.63) is 94.5 Å². The zero-order valence-corrected chi connectivity index (χ0v) is 20.3. The van der Waals surface area contributed by atoms with E-state index in [1.54, 1.807) is 24.3 Å². The summed E-state index contributed by atoms with van der Waals surface area (Å²) >= 11 is 0. The lowest BCUT2D eigenvalue weighted by Gasteiger charge is -2.23. The number of benzene rings is 3. The molecule has 0 unspecified atom stereocenters. The number of carbonyl (C=O) groups is 1. The van der Waals surface area contributed by atoms with E-state index in [0.717, 1.165) is 28.0 Å². The summed E-state index contributed by atoms with van der Waals surface area (Å²) in [5.74, 6) is 0.569. The second-order valence-electron chi connectivity index (χ2n) is 8.12. The fourth-order valence-electron chi connectivity index (χ4n) is 3.41. The van der Waals surface area contributed by atoms with Crippen LogP contribution in [0.25, 0.3) is 0 Å². The largest absolute Gasteiger partial charge is 0.491 e. The Morgan fingerprint density at radius 2 is 1.64 bits per heavy atom. The SMILES string of the molecule is Cc1ccc(C)c(OCCNC(=O)c2ccc(N(Cc3ccccc3C)S(C)(=O)=O)cc2)c1. The number of amides is 1. The molecule has 6 nitrogen and oxygen atoms in total. The Hall–Kier alpha value is -3.32. The molecule has 0 radical (unpaired) electrons. The lowest BCUT2D eigenvalue weighted by Crippen LogP contribution is -2.30. The summed E-state index contributed by atoms with van der Waals surface area (Å²) in [7, 11) is -3.50. The summed E-state index contributed by atoms with van der Waals surface area (Å²) in [6.45, 7) is 6.88. The molecule has 0 bridgehead atoms. The van der Waals surface area contributed by atoms with Crippen LogP contribution in [0, 0.1) is 20.8 Å². The van der Waals surface area contributed by atoms with E-state index in [1.165, 1.54) is 10.6 Å². The summed E-state index contributed by atoms with van der Waals surface area (Å²) in [5, 5.41) is 2.83. The van der Waals surface area contributed by atoms with E-state index in [9.17, 15) is 13.2 Å². The molecule has 3 aromatic carbocycles. The Kier molecular flexibility index (Phi) is 7.76. The van der Waals surface area contributed by atoms with Crippen molar-refractivity contribution in [2.24, 2.45) is 0 Å². The minimum atomic E-state index is -3.50. The predicted molar refractivity (Wildman–Crippen MR) is 132 cm³/mol. The number of anilines is 1. The van der Waals surface area contributed by atoms with Crippen LogP contribution in [-0.4, -0.2) is 33.7 Å². The normalized spacial score (nSPS) is 11.2. The van der Waals surface area contributed by atoms with Gasteiger partial charge in [-0.25, -0.2) is 8.42 Å². The summed E-state index contributed by atoms with van der Waals surface area (Å²) in [6.07, 6.45) is 1.18. The van der Waals surface area contributed by atoms with Crippen LogP contribution in [0.5, 0.6) is 5.75 Å². The van der Waals surface area contributed by atoms with Crippen molar-refractivity contribution in [1.82, 2.24) is 5.32 Å². The first-order valence-corrected chi connectivity index (χ1v) is 12.6. The molecule has 3 rings (SSSR count). The van der Waals surface area contributed by atoms with Crippen LogP contribution in [0.2, 0.25) is 0 Å². The van der Waals surface area contributed by atoms with E-state index in [4.69, 9.17) is 4.74 Å². The predicted octanol–water partition coefficient (Wildman–Crippen LogP) is 4.39. The van der Waals surface area contributed by atoms with Gasteiger partial charge >= 0.3 is 0 Å². The van der Waals surface area contributed by atoms with Gasteiger partial charge in [-0.1, -0.05) is 36.4 Å². The average molecular weight is 467 g/mol. The monoisotopic (exact) mass is 466 g/mol. The van der Waals surface area contributed by atoms with Gasteiger partial charge in [0.1, 0.15) is 12.4 Å². The van der Waals surface area contributed by atoms with Crippen LogP contribution in [0.1, 0.15) is 32.6 Å². The molecule has 0 aromatic heterocycles. The summed E-state index contributed by atoms with van der Waals surface area (Å²) in [4.78, 5) is 12.5. The maximum Gasteiger partial charge on any atom is 0.251 e. The van der Waals surface area contributed by atoms with Crippen molar-refractivity contribution in [3.63, 3.8) is 0 Å². The molecule has 0 saturated heterocycles. The van der Waals surface area contributed by atoms with Gasteiger partial charge in [0, 0.05) is 5.56 Å². The van der Waals surface area contributed by atoms with Gasteiger partial charge in [-0.15, -0.1) is 0 Å². The molecule has 0 fully saturated rings. The highest BCUT2D eigenvalue weighted by atomic mass is 32.2. The van der Waals surface area contributed by atoms with E-state index in [1.807, 2.05) is 63.2 Å². The van der Waals surface area contributed by atoms with Gasteiger partial charge in [-0.05, 0) is 73.4 Å². The molecule has 0 atom stereocenters. The van der Waals surface area contributed by atoms with E-state index in [2.05, 4.69) is 5.32 Å². The lowest BCUT2D eigenvalue weighted by atomic mass is 10.1. The molecule has 0 aliphatic carbocycles. The van der Waals surface area contributed by atoms with Crippen molar-refractivity contribution in [1.29, 1.82) is 0 Å². The number of aryl methyl sites for hydroxylation is 3. The van der Waals surface area contributed by atoms with Crippen LogP contribution in [-0.2, 0) is 16.6 Å². The number of ether oxygens (including phenoxy) is 1. The minimum Gasteiger partial charge on any atom is -0.491 e. The van der Waals surface area contributed by atoms with Gasteiger partial charge in [0.2, 0.25) is 10.0 Å². The molecule has 3 aromatic rings. The molecule has 1 amide bonds. The molecule has 0 heterocycles. The second kappa shape index (κ2) is 10.5. The Morgan fingerprint density at radius 1 is 0.939 bits per heavy atom. The number of sulfonamides is 1. The average Bonchev–Trinajstić information content (AvgIpc) is 2.77. The Bertz CT molecular complexity index is 1220. The highest BCUT2D eigenvalue weighted by Crippen LogP contribution is 2.23. The number of hydrogen-bond acceptors (Lipinski definition) is 4. The maximum absolute atomic E-state index is 12.5. The molecule has 0 aliphatic heterocycles. The summed E-state index contributed by atoms with van der Waals surface area (Å²) < 4.78 is 32.0. The lowest BCUT2D eigenvalue weighted by molar-refractivity contribution is 0.0947. The van der Waals surface area contributed by atoms with Gasteiger partial charge in [0.15, 0.2) is 0 Å². The van der Waals surface area contributed by atoms with Crippen LogP contribution >= 0.6 is 0 Å². The van der Waals surface area contributed by atoms with Gasteiger partial charge < -0.3 is 10.1 Å². The quantitative estimate of drug-likeness (QED) is 0.475. The summed E-state index contributed by atoms with van der Waals surface area (Å²) in [6, 6.07) is 20.2. The third-order valence-corrected chi connectivity index (χ3v) is 6.52. The standard InChI is InChI=1S/C26H30N2O4S/c1-19-9-10-21(3)25(17-19)32-16-15-27-26(29)22-11-13-24(14-12-22)28(33(4,30)31)18-23-8-6-5-7-20(23)2/h5-14,17H,15-16,18H2,1-4H3,(H,27,29). The zero-order valence-electron chi connectivity index (χ0n) is 19.5. The molecule has 7 heteroatoms. The fraction of sp³-hybridized carbons (Fsp3) is 0.269. The van der Waals surface area contributed by atoms with Crippen molar-refractivity contribution in [2.75, 3.05) is 23.7 Å². The van der Waals surface area contributed by atoms with Gasteiger partial charge in [-0.3, -0.25) is 9.10 Å². The van der Waals surface area contributed by atoms with E-state index in [0.29, 0.717) is 24.4 Å². The highest BCUT2D eigenvalue weighted by molar-refractivity contribution is 7.92. The summed E-state index contributed by atoms with van der Waals surface area (Å²) in [5.41, 5.74) is 5.07. The van der Waals surface area contributed by atoms with Crippen molar-refractivity contribution >= 4 is 21.6 Å². The third kappa shape index (κ3) is 6.58. The van der Waals surface area contributed by atoms with E-state index < -0.39 is 10.0 Å². The van der Waals surface area contributed by atoms with Crippen molar-refractivity contribution < 1.29 is 17.9 Å². The number of nitrogens with one attached hydrogen (secondary N) is 1. The fourth-order valence-corrected chi connectivity index (χ4v) is 4.29. The zero-order chi connectivity index (χ0) is 24.0. The third-order valence-electron chi connectivity index (χ3n) is 5.38. The van der Waals surface area contributed by atoms with E-state index >= 15 is 0 Å².